The molecule has 6 heteroatoms. The van der Waals surface area contributed by atoms with Crippen molar-refractivity contribution in [3.8, 4) is 0 Å². The van der Waals surface area contributed by atoms with Gasteiger partial charge in [-0.15, -0.1) is 11.3 Å². The second-order valence-electron chi connectivity index (χ2n) is 4.60. The van der Waals surface area contributed by atoms with Gasteiger partial charge in [0.15, 0.2) is 0 Å². The topological polar surface area (TPSA) is 55.1 Å². The second-order valence-corrected chi connectivity index (χ2v) is 6.83. The SMILES string of the molecule is Nc1c(C(=O)NCCc2ccsc2)sc2cccc(Cl)c12. The Hall–Kier alpha value is -1.56. The number of carbonyl (C=O) groups excluding carboxylic acids is 1. The van der Waals surface area contributed by atoms with Crippen LogP contribution >= 0.6 is 34.3 Å². The summed E-state index contributed by atoms with van der Waals surface area (Å²) in [4.78, 5) is 12.8. The molecule has 2 aromatic heterocycles. The summed E-state index contributed by atoms with van der Waals surface area (Å²) in [7, 11) is 0. The molecular formula is C15H13ClN2OS2. The molecule has 0 fully saturated rings. The average molecular weight is 337 g/mol. The predicted molar refractivity (Wildman–Crippen MR) is 91.6 cm³/mol. The van der Waals surface area contributed by atoms with Crippen molar-refractivity contribution in [3.05, 3.63) is 50.5 Å². The number of hydrogen-bond donors (Lipinski definition) is 2. The molecule has 3 nitrogen and oxygen atoms in total. The van der Waals surface area contributed by atoms with Crippen molar-refractivity contribution in [3.63, 3.8) is 0 Å². The third-order valence-corrected chi connectivity index (χ3v) is 5.40. The van der Waals surface area contributed by atoms with Crippen LogP contribution in [0.2, 0.25) is 5.02 Å². The highest BCUT2D eigenvalue weighted by molar-refractivity contribution is 7.21. The van der Waals surface area contributed by atoms with Crippen LogP contribution in [-0.4, -0.2) is 12.5 Å². The summed E-state index contributed by atoms with van der Waals surface area (Å²) in [5.41, 5.74) is 7.77. The molecule has 1 amide bonds. The highest BCUT2D eigenvalue weighted by Crippen LogP contribution is 2.37. The predicted octanol–water partition coefficient (Wildman–Crippen LogP) is 4.17. The average Bonchev–Trinajstić information content (AvgIpc) is 3.08. The second kappa shape index (κ2) is 6.05. The van der Waals surface area contributed by atoms with Crippen LogP contribution in [0.25, 0.3) is 10.1 Å². The molecule has 2 heterocycles. The van der Waals surface area contributed by atoms with Crippen molar-refractivity contribution < 1.29 is 4.79 Å². The van der Waals surface area contributed by atoms with Crippen molar-refractivity contribution in [1.82, 2.24) is 5.32 Å². The maximum absolute atomic E-state index is 12.3. The molecule has 3 N–H and O–H groups in total. The maximum Gasteiger partial charge on any atom is 0.263 e. The number of carbonyl (C=O) groups is 1. The van der Waals surface area contributed by atoms with Gasteiger partial charge in [-0.25, -0.2) is 0 Å². The van der Waals surface area contributed by atoms with E-state index in [-0.39, 0.29) is 5.91 Å². The molecule has 0 saturated carbocycles. The third kappa shape index (κ3) is 2.90. The first kappa shape index (κ1) is 14.4. The van der Waals surface area contributed by atoms with Gasteiger partial charge < -0.3 is 11.1 Å². The van der Waals surface area contributed by atoms with E-state index >= 15 is 0 Å². The van der Waals surface area contributed by atoms with E-state index in [2.05, 4.69) is 16.8 Å². The molecule has 0 atom stereocenters. The fourth-order valence-electron chi connectivity index (χ4n) is 2.13. The molecule has 0 radical (unpaired) electrons. The monoisotopic (exact) mass is 336 g/mol. The number of benzene rings is 1. The van der Waals surface area contributed by atoms with E-state index in [0.717, 1.165) is 16.5 Å². The summed E-state index contributed by atoms with van der Waals surface area (Å²) >= 11 is 9.18. The van der Waals surface area contributed by atoms with Gasteiger partial charge in [-0.1, -0.05) is 17.7 Å². The van der Waals surface area contributed by atoms with Crippen molar-refractivity contribution in [1.29, 1.82) is 0 Å². The number of nitrogens with two attached hydrogens (primary N) is 1. The van der Waals surface area contributed by atoms with Gasteiger partial charge in [-0.3, -0.25) is 4.79 Å². The van der Waals surface area contributed by atoms with Crippen molar-refractivity contribution >= 4 is 56.0 Å². The lowest BCUT2D eigenvalue weighted by Gasteiger charge is -2.03. The number of anilines is 1. The van der Waals surface area contributed by atoms with E-state index in [0.29, 0.717) is 22.1 Å². The van der Waals surface area contributed by atoms with E-state index in [9.17, 15) is 4.79 Å². The molecular weight excluding hydrogens is 324 g/mol. The zero-order chi connectivity index (χ0) is 14.8. The Bertz CT molecular complexity index is 780. The van der Waals surface area contributed by atoms with Crippen LogP contribution in [0.15, 0.2) is 35.0 Å². The summed E-state index contributed by atoms with van der Waals surface area (Å²) in [6.45, 7) is 0.594. The summed E-state index contributed by atoms with van der Waals surface area (Å²) < 4.78 is 0.933. The minimum atomic E-state index is -0.139. The van der Waals surface area contributed by atoms with Crippen LogP contribution in [0.4, 0.5) is 5.69 Å². The van der Waals surface area contributed by atoms with Crippen LogP contribution in [0.3, 0.4) is 0 Å². The molecule has 0 spiro atoms. The molecule has 0 aliphatic carbocycles. The lowest BCUT2D eigenvalue weighted by molar-refractivity contribution is 0.0959. The van der Waals surface area contributed by atoms with E-state index in [1.807, 2.05) is 17.5 Å². The standard InChI is InChI=1S/C15H13ClN2OS2/c16-10-2-1-3-11-12(10)13(17)14(21-11)15(19)18-6-4-9-5-7-20-8-9/h1-3,5,7-8H,4,6,17H2,(H,18,19). The Balaban J connectivity index is 1.75. The number of thiophene rings is 2. The van der Waals surface area contributed by atoms with E-state index in [1.165, 1.54) is 16.9 Å². The molecule has 0 unspecified atom stereocenters. The minimum Gasteiger partial charge on any atom is -0.397 e. The maximum atomic E-state index is 12.3. The fourth-order valence-corrected chi connectivity index (χ4v) is 4.23. The first-order chi connectivity index (χ1) is 10.2. The number of nitrogen functional groups attached to an aromatic ring is 1. The molecule has 3 aromatic rings. The normalized spacial score (nSPS) is 10.9. The molecule has 1 aromatic carbocycles. The molecule has 108 valence electrons. The van der Waals surface area contributed by atoms with Crippen LogP contribution < -0.4 is 11.1 Å². The van der Waals surface area contributed by atoms with Crippen LogP contribution in [0.5, 0.6) is 0 Å². The largest absolute Gasteiger partial charge is 0.397 e. The highest BCUT2D eigenvalue weighted by Gasteiger charge is 2.17. The van der Waals surface area contributed by atoms with Gasteiger partial charge in [-0.05, 0) is 40.9 Å². The van der Waals surface area contributed by atoms with E-state index < -0.39 is 0 Å². The molecule has 0 bridgehead atoms. The van der Waals surface area contributed by atoms with Crippen LogP contribution in [0.1, 0.15) is 15.2 Å². The molecule has 0 saturated heterocycles. The first-order valence-corrected chi connectivity index (χ1v) is 8.56. The van der Waals surface area contributed by atoms with Gasteiger partial charge in [0, 0.05) is 16.6 Å². The zero-order valence-electron chi connectivity index (χ0n) is 11.1. The number of nitrogens with one attached hydrogen (secondary N) is 1. The van der Waals surface area contributed by atoms with Gasteiger partial charge >= 0.3 is 0 Å². The summed E-state index contributed by atoms with van der Waals surface area (Å²) in [6.07, 6.45) is 0.820. The Kier molecular flexibility index (Phi) is 4.14. The molecule has 0 aliphatic heterocycles. The fraction of sp³-hybridized carbons (Fsp3) is 0.133. The van der Waals surface area contributed by atoms with Gasteiger partial charge in [0.2, 0.25) is 0 Å². The number of hydrogen-bond acceptors (Lipinski definition) is 4. The van der Waals surface area contributed by atoms with Crippen molar-refractivity contribution in [2.24, 2.45) is 0 Å². The van der Waals surface area contributed by atoms with Gasteiger partial charge in [-0.2, -0.15) is 11.3 Å². The Morgan fingerprint density at radius 3 is 2.90 bits per heavy atom. The molecule has 21 heavy (non-hydrogen) atoms. The van der Waals surface area contributed by atoms with Crippen LogP contribution in [-0.2, 0) is 6.42 Å². The Labute approximate surface area is 135 Å². The number of rotatable bonds is 4. The Morgan fingerprint density at radius 1 is 1.33 bits per heavy atom. The number of fused-ring (bicyclic) bond motifs is 1. The Morgan fingerprint density at radius 2 is 2.19 bits per heavy atom. The summed E-state index contributed by atoms with van der Waals surface area (Å²) in [5, 5.41) is 8.38. The lowest BCUT2D eigenvalue weighted by Crippen LogP contribution is -2.25. The number of amides is 1. The van der Waals surface area contributed by atoms with Crippen molar-refractivity contribution in [2.75, 3.05) is 12.3 Å². The summed E-state index contributed by atoms with van der Waals surface area (Å²) in [5.74, 6) is -0.139. The summed E-state index contributed by atoms with van der Waals surface area (Å²) in [6, 6.07) is 7.62. The quantitative estimate of drug-likeness (QED) is 0.751. The van der Waals surface area contributed by atoms with E-state index in [4.69, 9.17) is 17.3 Å². The minimum absolute atomic E-state index is 0.139. The smallest absolute Gasteiger partial charge is 0.263 e. The number of halogens is 1. The first-order valence-electron chi connectivity index (χ1n) is 6.42. The van der Waals surface area contributed by atoms with E-state index in [1.54, 1.807) is 17.4 Å². The molecule has 3 rings (SSSR count). The van der Waals surface area contributed by atoms with Gasteiger partial charge in [0.1, 0.15) is 4.88 Å². The molecule has 0 aliphatic rings. The highest BCUT2D eigenvalue weighted by atomic mass is 35.5. The van der Waals surface area contributed by atoms with Crippen LogP contribution in [0, 0.1) is 0 Å². The van der Waals surface area contributed by atoms with Crippen molar-refractivity contribution in [2.45, 2.75) is 6.42 Å². The zero-order valence-corrected chi connectivity index (χ0v) is 13.4. The lowest BCUT2D eigenvalue weighted by atomic mass is 10.2. The van der Waals surface area contributed by atoms with Gasteiger partial charge in [0.05, 0.1) is 10.7 Å². The third-order valence-electron chi connectivity index (χ3n) is 3.19. The van der Waals surface area contributed by atoms with Gasteiger partial charge in [0.25, 0.3) is 5.91 Å².